The van der Waals surface area contributed by atoms with Gasteiger partial charge < -0.3 is 90.7 Å². The highest BCUT2D eigenvalue weighted by molar-refractivity contribution is 7.80. The molecule has 82 heavy (non-hydrogen) atoms. The molecule has 32 heteroatoms. The molecule has 2 aromatic rings. The maximum atomic E-state index is 14.4. The monoisotopic (exact) mass is 1180 g/mol. The van der Waals surface area contributed by atoms with E-state index in [1.54, 1.807) is 44.3 Å². The van der Waals surface area contributed by atoms with Gasteiger partial charge in [-0.2, -0.15) is 12.6 Å². The van der Waals surface area contributed by atoms with Gasteiger partial charge in [-0.15, -0.1) is 0 Å². The number of aliphatic hydroxyl groups is 1. The Bertz CT molecular complexity index is 2670. The number of aromatic nitrogens is 1. The first-order valence-electron chi connectivity index (χ1n) is 25.9. The van der Waals surface area contributed by atoms with Crippen molar-refractivity contribution in [2.45, 2.75) is 166 Å². The number of hydrogen-bond acceptors (Lipinski definition) is 17. The van der Waals surface area contributed by atoms with E-state index < -0.39 is 175 Å². The van der Waals surface area contributed by atoms with Crippen LogP contribution in [0.5, 0.6) is 0 Å². The lowest BCUT2D eigenvalue weighted by atomic mass is 10.00. The van der Waals surface area contributed by atoms with Crippen molar-refractivity contribution in [2.75, 3.05) is 5.75 Å². The summed E-state index contributed by atoms with van der Waals surface area (Å²) < 4.78 is 0. The van der Waals surface area contributed by atoms with Crippen LogP contribution in [0.25, 0.3) is 10.9 Å². The Labute approximate surface area is 476 Å². The molecule has 1 aromatic heterocycles. The van der Waals surface area contributed by atoms with Gasteiger partial charge in [-0.1, -0.05) is 32.0 Å². The summed E-state index contributed by atoms with van der Waals surface area (Å²) in [6.07, 6.45) is -2.59. The van der Waals surface area contributed by atoms with Crippen LogP contribution in [0.4, 0.5) is 0 Å². The van der Waals surface area contributed by atoms with E-state index in [1.165, 1.54) is 34.6 Å². The summed E-state index contributed by atoms with van der Waals surface area (Å²) in [7, 11) is 0. The van der Waals surface area contributed by atoms with Crippen LogP contribution in [0.2, 0.25) is 0 Å². The number of carboxylic acid groups (broad SMARTS) is 2. The predicted octanol–water partition coefficient (Wildman–Crippen LogP) is -5.59. The highest BCUT2D eigenvalue weighted by Gasteiger charge is 2.35. The SMILES string of the molecule is CC(C)C[C@H](NC(=O)[C@H](Cc1c[nH]c2ccccc12)NC(=O)[C@H](C)NC(=O)[C@H](CS)NC(=O)[C@H](C)NC(=O)[C@H](C)NC(=O)[C@H](CC(N)=O)NC(=O)[C@@H](N)[C@@H](C)O)C(=O)N[C@@H](CCC(=O)O)C(=O)N[C@@H](C)C(=O)N[C@@H](CCC(N)=O)C(=O)O. The molecule has 0 saturated heterocycles. The van der Waals surface area contributed by atoms with Crippen LogP contribution in [0.3, 0.4) is 0 Å². The molecular weight excluding hydrogens is 1100 g/mol. The second-order valence-electron chi connectivity index (χ2n) is 19.9. The molecule has 0 unspecified atom stereocenters. The number of benzene rings is 1. The maximum absolute atomic E-state index is 14.4. The Kier molecular flexibility index (Phi) is 28.4. The van der Waals surface area contributed by atoms with E-state index in [0.29, 0.717) is 16.5 Å². The standard InChI is InChI=1S/C50H76N14O17S/c1-21(2)16-32(46(76)59-30(13-15-38(68)69)44(74)56-24(5)41(71)60-31(50(80)81)12-14-36(51)66)62-47(77)33(17-27-19-54-29-11-9-8-10-28(27)29)61-42(72)25(6)58-48(78)35(20-82)64-43(73)23(4)55-40(70)22(3)57-45(75)34(18-37(52)67)63-49(79)39(53)26(7)65/h8-11,19,21-26,30-35,39,54,65,82H,12-18,20,53H2,1-7H3,(H2,51,66)(H2,52,67)(H,55,70)(H,56,74)(H,57,75)(H,58,78)(H,59,76)(H,60,71)(H,61,72)(H,62,77)(H,63,79)(H,64,73)(H,68,69)(H,80,81)/t22-,23-,24-,25-,26+,30-,31-,32-,33-,34-,35-,39-/m0/s1. The molecule has 12 atom stereocenters. The van der Waals surface area contributed by atoms with Crippen LogP contribution < -0.4 is 70.4 Å². The van der Waals surface area contributed by atoms with Crippen LogP contribution in [-0.2, 0) is 73.5 Å². The molecule has 0 saturated carbocycles. The third-order valence-electron chi connectivity index (χ3n) is 12.3. The molecule has 0 spiro atoms. The zero-order valence-corrected chi connectivity index (χ0v) is 47.2. The Morgan fingerprint density at radius 2 is 0.927 bits per heavy atom. The lowest BCUT2D eigenvalue weighted by Gasteiger charge is -2.27. The summed E-state index contributed by atoms with van der Waals surface area (Å²) >= 11 is 4.16. The number of amides is 12. The second kappa shape index (κ2) is 33.4. The Morgan fingerprint density at radius 3 is 1.41 bits per heavy atom. The number of nitrogens with one attached hydrogen (secondary N) is 11. The van der Waals surface area contributed by atoms with Crippen molar-refractivity contribution in [2.24, 2.45) is 23.1 Å². The number of H-pyrrole nitrogens is 1. The van der Waals surface area contributed by atoms with Gasteiger partial charge >= 0.3 is 11.9 Å². The molecule has 12 amide bonds. The van der Waals surface area contributed by atoms with Gasteiger partial charge in [0.2, 0.25) is 70.9 Å². The van der Waals surface area contributed by atoms with E-state index in [0.717, 1.165) is 0 Å². The number of carboxylic acids is 2. The van der Waals surface area contributed by atoms with E-state index >= 15 is 0 Å². The second-order valence-corrected chi connectivity index (χ2v) is 20.2. The van der Waals surface area contributed by atoms with Crippen LogP contribution >= 0.6 is 12.6 Å². The van der Waals surface area contributed by atoms with Gasteiger partial charge in [0.15, 0.2) is 0 Å². The van der Waals surface area contributed by atoms with Crippen molar-refractivity contribution < 1.29 is 82.4 Å². The number of fused-ring (bicyclic) bond motifs is 1. The van der Waals surface area contributed by atoms with Crippen molar-refractivity contribution in [3.63, 3.8) is 0 Å². The number of aliphatic hydroxyl groups excluding tert-OH is 1. The highest BCUT2D eigenvalue weighted by Crippen LogP contribution is 2.20. The topological polar surface area (TPSA) is 514 Å². The zero-order chi connectivity index (χ0) is 62.3. The Hall–Kier alpha value is -8.39. The summed E-state index contributed by atoms with van der Waals surface area (Å²) in [6.45, 7) is 9.55. The van der Waals surface area contributed by atoms with Crippen molar-refractivity contribution in [1.29, 1.82) is 0 Å². The average molecular weight is 1180 g/mol. The van der Waals surface area contributed by atoms with Crippen LogP contribution in [0.1, 0.15) is 92.6 Å². The van der Waals surface area contributed by atoms with Gasteiger partial charge in [0.25, 0.3) is 0 Å². The number of aliphatic carboxylic acids is 2. The van der Waals surface area contributed by atoms with E-state index in [2.05, 4.69) is 70.8 Å². The van der Waals surface area contributed by atoms with Crippen molar-refractivity contribution in [3.05, 3.63) is 36.0 Å². The third kappa shape index (κ3) is 23.4. The van der Waals surface area contributed by atoms with Crippen LogP contribution in [0.15, 0.2) is 30.5 Å². The van der Waals surface area contributed by atoms with E-state index in [4.69, 9.17) is 17.2 Å². The number of carbonyl (C=O) groups is 14. The smallest absolute Gasteiger partial charge is 0.326 e. The first-order chi connectivity index (χ1) is 38.3. The highest BCUT2D eigenvalue weighted by atomic mass is 32.1. The minimum Gasteiger partial charge on any atom is -0.481 e. The molecule has 0 aliphatic heterocycles. The fourth-order valence-electron chi connectivity index (χ4n) is 7.58. The van der Waals surface area contributed by atoms with Gasteiger partial charge in [0.05, 0.1) is 12.5 Å². The molecule has 0 fully saturated rings. The number of nitrogens with two attached hydrogens (primary N) is 3. The van der Waals surface area contributed by atoms with Crippen molar-refractivity contribution in [3.8, 4) is 0 Å². The summed E-state index contributed by atoms with van der Waals surface area (Å²) in [6, 6.07) is -9.21. The fourth-order valence-corrected chi connectivity index (χ4v) is 7.84. The van der Waals surface area contributed by atoms with Crippen LogP contribution in [0, 0.1) is 5.92 Å². The molecule has 0 aliphatic rings. The molecule has 0 aliphatic carbocycles. The lowest BCUT2D eigenvalue weighted by molar-refractivity contribution is -0.142. The largest absolute Gasteiger partial charge is 0.481 e. The van der Waals surface area contributed by atoms with Crippen molar-refractivity contribution in [1.82, 2.24) is 58.2 Å². The van der Waals surface area contributed by atoms with E-state index in [9.17, 15) is 82.4 Å². The minimum absolute atomic E-state index is 0.0671. The van der Waals surface area contributed by atoms with Gasteiger partial charge in [0.1, 0.15) is 66.5 Å². The number of carbonyl (C=O) groups excluding carboxylic acids is 12. The predicted molar refractivity (Wildman–Crippen MR) is 294 cm³/mol. The summed E-state index contributed by atoms with van der Waals surface area (Å²) in [5.74, 6) is -15.0. The fraction of sp³-hybridized carbons (Fsp3) is 0.560. The van der Waals surface area contributed by atoms with E-state index in [-0.39, 0.29) is 37.4 Å². The number of thiol groups is 1. The maximum Gasteiger partial charge on any atom is 0.326 e. The molecule has 0 radical (unpaired) electrons. The Morgan fingerprint density at radius 1 is 0.512 bits per heavy atom. The molecule has 454 valence electrons. The summed E-state index contributed by atoms with van der Waals surface area (Å²) in [5.41, 5.74) is 17.1. The average Bonchev–Trinajstić information content (AvgIpc) is 3.97. The first kappa shape index (κ1) is 69.7. The van der Waals surface area contributed by atoms with Gasteiger partial charge in [-0.3, -0.25) is 62.3 Å². The molecule has 2 rings (SSSR count). The Balaban J connectivity index is 2.29. The number of primary amides is 2. The van der Waals surface area contributed by atoms with Crippen molar-refractivity contribution >= 4 is 106 Å². The lowest BCUT2D eigenvalue weighted by Crippen LogP contribution is -2.60. The van der Waals surface area contributed by atoms with Gasteiger partial charge in [-0.25, -0.2) is 4.79 Å². The number of para-hydroxylation sites is 1. The first-order valence-corrected chi connectivity index (χ1v) is 26.5. The van der Waals surface area contributed by atoms with Gasteiger partial charge in [-0.05, 0) is 71.4 Å². The van der Waals surface area contributed by atoms with Crippen LogP contribution in [-0.4, -0.2) is 181 Å². The molecule has 20 N–H and O–H groups in total. The third-order valence-corrected chi connectivity index (χ3v) is 12.7. The molecular formula is C50H76N14O17S. The minimum atomic E-state index is -1.63. The molecule has 1 aromatic carbocycles. The number of rotatable bonds is 35. The van der Waals surface area contributed by atoms with Gasteiger partial charge in [0, 0.05) is 42.1 Å². The zero-order valence-electron chi connectivity index (χ0n) is 46.3. The molecule has 31 nitrogen and oxygen atoms in total. The summed E-state index contributed by atoms with van der Waals surface area (Å²) in [5, 5.41) is 53.0. The normalized spacial score (nSPS) is 15.5. The molecule has 0 bridgehead atoms. The number of aromatic amines is 1. The van der Waals surface area contributed by atoms with E-state index in [1.807, 2.05) is 0 Å². The quantitative estimate of drug-likeness (QED) is 0.0286. The molecule has 1 heterocycles. The number of hydrogen-bond donors (Lipinski definition) is 18. The summed E-state index contributed by atoms with van der Waals surface area (Å²) in [4.78, 5) is 183.